The van der Waals surface area contributed by atoms with Gasteiger partial charge in [-0.1, -0.05) is 46.6 Å². The van der Waals surface area contributed by atoms with Crippen molar-refractivity contribution in [1.29, 1.82) is 0 Å². The third-order valence-electron chi connectivity index (χ3n) is 3.79. The first kappa shape index (κ1) is 22.3. The predicted octanol–water partition coefficient (Wildman–Crippen LogP) is 4.04. The summed E-state index contributed by atoms with van der Waals surface area (Å²) >= 11 is 0.899. The first-order valence-electron chi connectivity index (χ1n) is 7.99. The molecule has 0 amide bonds. The molecule has 0 fully saturated rings. The zero-order valence-corrected chi connectivity index (χ0v) is 17.2. The van der Waals surface area contributed by atoms with Gasteiger partial charge in [0.1, 0.15) is 0 Å². The van der Waals surface area contributed by atoms with Crippen LogP contribution in [0.15, 0.2) is 11.0 Å². The number of benzene rings is 1. The molecule has 1 aromatic carbocycles. The van der Waals surface area contributed by atoms with Crippen molar-refractivity contribution < 1.29 is 18.3 Å². The number of nitro groups is 2. The van der Waals surface area contributed by atoms with Crippen LogP contribution in [0.25, 0.3) is 0 Å². The van der Waals surface area contributed by atoms with Gasteiger partial charge in [0.25, 0.3) is 21.4 Å². The minimum absolute atomic E-state index is 0.212. The lowest BCUT2D eigenvalue weighted by Crippen LogP contribution is -2.24. The molecule has 11 heteroatoms. The summed E-state index contributed by atoms with van der Waals surface area (Å²) in [6.07, 6.45) is 0. The molecule has 9 nitrogen and oxygen atoms in total. The smallest absolute Gasteiger partial charge is 0.258 e. The van der Waals surface area contributed by atoms with E-state index in [9.17, 15) is 28.6 Å². The lowest BCUT2D eigenvalue weighted by atomic mass is 9.88. The van der Waals surface area contributed by atoms with Crippen LogP contribution in [-0.4, -0.2) is 34.8 Å². The minimum Gasteiger partial charge on any atom is -0.258 e. The molecule has 0 saturated carbocycles. The summed E-state index contributed by atoms with van der Waals surface area (Å²) < 4.78 is 26.7. The number of sulfonamides is 1. The van der Waals surface area contributed by atoms with Crippen molar-refractivity contribution in [3.63, 3.8) is 0 Å². The molecule has 0 bridgehead atoms. The minimum atomic E-state index is -4.44. The second-order valence-electron chi connectivity index (χ2n) is 6.23. The molecule has 0 unspecified atom stereocenters. The molecule has 0 aliphatic heterocycles. The second kappa shape index (κ2) is 8.31. The molecule has 0 atom stereocenters. The lowest BCUT2D eigenvalue weighted by Gasteiger charge is -2.20. The van der Waals surface area contributed by atoms with E-state index in [1.165, 1.54) is 7.05 Å². The molecule has 0 aliphatic carbocycles. The van der Waals surface area contributed by atoms with E-state index >= 15 is 0 Å². The summed E-state index contributed by atoms with van der Waals surface area (Å²) in [4.78, 5) is 20.8. The van der Waals surface area contributed by atoms with E-state index in [4.69, 9.17) is 0 Å². The summed E-state index contributed by atoms with van der Waals surface area (Å²) in [6, 6.07) is 1.16. The molecule has 1 aromatic rings. The van der Waals surface area contributed by atoms with Gasteiger partial charge in [-0.15, -0.1) is 3.71 Å². The number of hydrogen-bond acceptors (Lipinski definition) is 7. The molecular weight excluding hydrogens is 382 g/mol. The number of hydrogen-bond donors (Lipinski definition) is 0. The van der Waals surface area contributed by atoms with Crippen molar-refractivity contribution in [3.8, 4) is 0 Å². The number of nitro benzene ring substituents is 2. The molecule has 0 aliphatic rings. The highest BCUT2D eigenvalue weighted by atomic mass is 32.3. The maximum atomic E-state index is 12.9. The molecule has 0 N–H and O–H groups in total. The summed E-state index contributed by atoms with van der Waals surface area (Å²) in [6.45, 7) is 8.60. The van der Waals surface area contributed by atoms with Crippen molar-refractivity contribution in [2.75, 3.05) is 12.8 Å². The quantitative estimate of drug-likeness (QED) is 0.363. The number of rotatable bonds is 8. The Balaban J connectivity index is 4.15. The third kappa shape index (κ3) is 4.15. The average molecular weight is 405 g/mol. The van der Waals surface area contributed by atoms with Gasteiger partial charge < -0.3 is 0 Å². The van der Waals surface area contributed by atoms with E-state index in [2.05, 4.69) is 0 Å². The van der Waals surface area contributed by atoms with Crippen LogP contribution in [0.4, 0.5) is 11.4 Å². The van der Waals surface area contributed by atoms with Crippen LogP contribution in [0.5, 0.6) is 0 Å². The van der Waals surface area contributed by atoms with Gasteiger partial charge in [0, 0.05) is 24.4 Å². The third-order valence-corrected chi connectivity index (χ3v) is 6.91. The molecule has 0 radical (unpaired) electrons. The summed E-state index contributed by atoms with van der Waals surface area (Å²) in [5, 5.41) is 23.4. The van der Waals surface area contributed by atoms with Crippen LogP contribution in [0.2, 0.25) is 0 Å². The Morgan fingerprint density at radius 2 is 1.65 bits per heavy atom. The molecule has 1 rings (SSSR count). The van der Waals surface area contributed by atoms with Crippen LogP contribution in [-0.2, 0) is 10.0 Å². The zero-order chi connectivity index (χ0) is 20.4. The standard InChI is InChI=1S/C15H23N3O6S2/c1-7-25-16(6)26(23,24)15-12(17(19)20)8-11(9(2)3)13(10(4)5)14(15)18(21)22/h8-10H,7H2,1-6H3. The number of nitrogens with zero attached hydrogens (tertiary/aromatic N) is 3. The molecular formula is C15H23N3O6S2. The molecule has 0 heterocycles. The molecule has 26 heavy (non-hydrogen) atoms. The van der Waals surface area contributed by atoms with Crippen LogP contribution in [0.1, 0.15) is 57.6 Å². The highest BCUT2D eigenvalue weighted by Gasteiger charge is 2.42. The molecule has 0 aromatic heterocycles. The van der Waals surface area contributed by atoms with Crippen LogP contribution >= 0.6 is 11.9 Å². The maximum absolute atomic E-state index is 12.9. The summed E-state index contributed by atoms with van der Waals surface area (Å²) in [7, 11) is -3.21. The van der Waals surface area contributed by atoms with Gasteiger partial charge >= 0.3 is 0 Å². The SMILES string of the molecule is CCSN(C)S(=O)(=O)c1c([N+](=O)[O-])cc(C(C)C)c(C(C)C)c1[N+](=O)[O-]. The van der Waals surface area contributed by atoms with Gasteiger partial charge in [-0.3, -0.25) is 20.2 Å². The molecule has 0 spiro atoms. The Kier molecular flexibility index (Phi) is 7.14. The Hall–Kier alpha value is -1.72. The Labute approximate surface area is 157 Å². The lowest BCUT2D eigenvalue weighted by molar-refractivity contribution is -0.400. The van der Waals surface area contributed by atoms with Crippen LogP contribution in [0.3, 0.4) is 0 Å². The van der Waals surface area contributed by atoms with E-state index < -0.39 is 36.1 Å². The van der Waals surface area contributed by atoms with E-state index in [0.717, 1.165) is 21.7 Å². The van der Waals surface area contributed by atoms with Crippen LogP contribution in [0, 0.1) is 20.2 Å². The highest BCUT2D eigenvalue weighted by Crippen LogP contribution is 2.45. The van der Waals surface area contributed by atoms with Gasteiger partial charge in [-0.2, -0.15) is 0 Å². The largest absolute Gasteiger partial charge is 0.300 e. The fourth-order valence-electron chi connectivity index (χ4n) is 2.71. The van der Waals surface area contributed by atoms with E-state index in [1.807, 2.05) is 0 Å². The first-order valence-corrected chi connectivity index (χ1v) is 10.4. The van der Waals surface area contributed by atoms with Crippen molar-refractivity contribution in [3.05, 3.63) is 37.4 Å². The zero-order valence-electron chi connectivity index (χ0n) is 15.5. The Morgan fingerprint density at radius 3 is 2.00 bits per heavy atom. The summed E-state index contributed by atoms with van der Waals surface area (Å²) in [5.41, 5.74) is -0.859. The van der Waals surface area contributed by atoms with Gasteiger partial charge in [-0.25, -0.2) is 8.42 Å². The fraction of sp³-hybridized carbons (Fsp3) is 0.600. The fourth-order valence-corrected chi connectivity index (χ4v) is 5.25. The van der Waals surface area contributed by atoms with Gasteiger partial charge in [0.2, 0.25) is 4.90 Å². The highest BCUT2D eigenvalue weighted by molar-refractivity contribution is 8.08. The van der Waals surface area contributed by atoms with Gasteiger partial charge in [0.05, 0.1) is 9.85 Å². The van der Waals surface area contributed by atoms with Gasteiger partial charge in [-0.05, 0) is 17.4 Å². The van der Waals surface area contributed by atoms with E-state index in [1.54, 1.807) is 34.6 Å². The predicted molar refractivity (Wildman–Crippen MR) is 101 cm³/mol. The maximum Gasteiger partial charge on any atom is 0.300 e. The monoisotopic (exact) mass is 405 g/mol. The average Bonchev–Trinajstić information content (AvgIpc) is 2.52. The van der Waals surface area contributed by atoms with Crippen molar-refractivity contribution in [2.45, 2.75) is 51.3 Å². The topological polar surface area (TPSA) is 124 Å². The first-order chi connectivity index (χ1) is 11.9. The normalized spacial score (nSPS) is 12.2. The second-order valence-corrected chi connectivity index (χ2v) is 9.75. The van der Waals surface area contributed by atoms with Gasteiger partial charge in [0.15, 0.2) is 0 Å². The van der Waals surface area contributed by atoms with Crippen molar-refractivity contribution in [2.24, 2.45) is 0 Å². The Morgan fingerprint density at radius 1 is 1.12 bits per heavy atom. The van der Waals surface area contributed by atoms with E-state index in [-0.39, 0.29) is 17.4 Å². The van der Waals surface area contributed by atoms with Crippen molar-refractivity contribution in [1.82, 2.24) is 3.71 Å². The molecule has 146 valence electrons. The van der Waals surface area contributed by atoms with Crippen LogP contribution < -0.4 is 0 Å². The summed E-state index contributed by atoms with van der Waals surface area (Å²) in [5.74, 6) is -0.241. The molecule has 0 saturated heterocycles. The Bertz CT molecular complexity index is 821. The van der Waals surface area contributed by atoms with Crippen molar-refractivity contribution >= 4 is 33.3 Å². The van der Waals surface area contributed by atoms with E-state index in [0.29, 0.717) is 11.3 Å².